The Balaban J connectivity index is 1.50. The van der Waals surface area contributed by atoms with E-state index in [2.05, 4.69) is 5.32 Å². The van der Waals surface area contributed by atoms with Gasteiger partial charge in [0.1, 0.15) is 12.4 Å². The maximum atomic E-state index is 12.5. The fourth-order valence-electron chi connectivity index (χ4n) is 2.93. The summed E-state index contributed by atoms with van der Waals surface area (Å²) in [6, 6.07) is 5.20. The number of anilines is 1. The molecule has 2 aliphatic rings. The van der Waals surface area contributed by atoms with Crippen LogP contribution in [0.1, 0.15) is 25.7 Å². The number of carbonyl (C=O) groups is 2. The second kappa shape index (κ2) is 7.85. The molecular weight excluding hydrogens is 332 g/mol. The van der Waals surface area contributed by atoms with Crippen molar-refractivity contribution in [2.45, 2.75) is 31.8 Å². The molecule has 6 nitrogen and oxygen atoms in total. The second-order valence-corrected chi connectivity index (χ2v) is 6.38. The van der Waals surface area contributed by atoms with Gasteiger partial charge in [-0.1, -0.05) is 11.6 Å². The Hall–Kier alpha value is -1.79. The number of nitrogens with one attached hydrogen (secondary N) is 1. The SMILES string of the molecule is O=C(CCC(=O)N1CCOc2ccc(Cl)cc21)NC[C@H]1CCCO1. The summed E-state index contributed by atoms with van der Waals surface area (Å²) in [4.78, 5) is 26.0. The second-order valence-electron chi connectivity index (χ2n) is 5.94. The molecule has 0 aliphatic carbocycles. The molecule has 0 spiro atoms. The maximum absolute atomic E-state index is 12.5. The third kappa shape index (κ3) is 4.19. The number of benzene rings is 1. The molecule has 1 aromatic carbocycles. The highest BCUT2D eigenvalue weighted by atomic mass is 35.5. The Labute approximate surface area is 146 Å². The summed E-state index contributed by atoms with van der Waals surface area (Å²) in [6.07, 6.45) is 2.45. The number of hydrogen-bond donors (Lipinski definition) is 1. The molecule has 2 heterocycles. The van der Waals surface area contributed by atoms with Gasteiger partial charge in [0.2, 0.25) is 11.8 Å². The minimum Gasteiger partial charge on any atom is -0.490 e. The first-order chi connectivity index (χ1) is 11.6. The maximum Gasteiger partial charge on any atom is 0.227 e. The van der Waals surface area contributed by atoms with Crippen molar-refractivity contribution in [3.8, 4) is 5.75 Å². The number of rotatable bonds is 5. The van der Waals surface area contributed by atoms with Crippen LogP contribution in [0.3, 0.4) is 0 Å². The summed E-state index contributed by atoms with van der Waals surface area (Å²) in [7, 11) is 0. The third-order valence-corrected chi connectivity index (χ3v) is 4.44. The van der Waals surface area contributed by atoms with Crippen LogP contribution < -0.4 is 15.0 Å². The summed E-state index contributed by atoms with van der Waals surface area (Å²) in [5, 5.41) is 3.38. The molecule has 3 rings (SSSR count). The summed E-state index contributed by atoms with van der Waals surface area (Å²) in [6.45, 7) is 2.18. The number of fused-ring (bicyclic) bond motifs is 1. The van der Waals surface area contributed by atoms with Crippen LogP contribution in [0.2, 0.25) is 5.02 Å². The zero-order valence-electron chi connectivity index (χ0n) is 13.4. The van der Waals surface area contributed by atoms with E-state index in [4.69, 9.17) is 21.1 Å². The Morgan fingerprint density at radius 3 is 2.96 bits per heavy atom. The van der Waals surface area contributed by atoms with Gasteiger partial charge in [-0.15, -0.1) is 0 Å². The molecule has 2 aliphatic heterocycles. The van der Waals surface area contributed by atoms with E-state index in [1.165, 1.54) is 0 Å². The van der Waals surface area contributed by atoms with Crippen LogP contribution in [0.5, 0.6) is 5.75 Å². The molecule has 0 aromatic heterocycles. The lowest BCUT2D eigenvalue weighted by atomic mass is 10.2. The Kier molecular flexibility index (Phi) is 5.58. The number of amides is 2. The van der Waals surface area contributed by atoms with Crippen molar-refractivity contribution in [3.63, 3.8) is 0 Å². The number of halogens is 1. The van der Waals surface area contributed by atoms with E-state index in [0.29, 0.717) is 36.2 Å². The molecule has 1 aromatic rings. The highest BCUT2D eigenvalue weighted by molar-refractivity contribution is 6.31. The first kappa shape index (κ1) is 17.0. The summed E-state index contributed by atoms with van der Waals surface area (Å²) in [5.41, 5.74) is 0.665. The largest absolute Gasteiger partial charge is 0.490 e. The third-order valence-electron chi connectivity index (χ3n) is 4.20. The zero-order valence-corrected chi connectivity index (χ0v) is 14.2. The topological polar surface area (TPSA) is 67.9 Å². The van der Waals surface area contributed by atoms with Gasteiger partial charge in [-0.25, -0.2) is 0 Å². The van der Waals surface area contributed by atoms with Gasteiger partial charge in [-0.05, 0) is 31.0 Å². The molecule has 0 saturated carbocycles. The summed E-state index contributed by atoms with van der Waals surface area (Å²) < 4.78 is 11.0. The lowest BCUT2D eigenvalue weighted by Gasteiger charge is -2.29. The van der Waals surface area contributed by atoms with Gasteiger partial charge in [0.05, 0.1) is 18.3 Å². The van der Waals surface area contributed by atoms with E-state index in [1.807, 2.05) is 0 Å². The number of carbonyl (C=O) groups excluding carboxylic acids is 2. The highest BCUT2D eigenvalue weighted by Crippen LogP contribution is 2.34. The molecule has 0 unspecified atom stereocenters. The molecule has 7 heteroatoms. The van der Waals surface area contributed by atoms with Crippen molar-refractivity contribution in [2.24, 2.45) is 0 Å². The van der Waals surface area contributed by atoms with Crippen LogP contribution in [0, 0.1) is 0 Å². The average Bonchev–Trinajstić information content (AvgIpc) is 3.10. The monoisotopic (exact) mass is 352 g/mol. The van der Waals surface area contributed by atoms with Gasteiger partial charge < -0.3 is 19.7 Å². The molecule has 1 N–H and O–H groups in total. The molecule has 1 saturated heterocycles. The predicted molar refractivity (Wildman–Crippen MR) is 90.5 cm³/mol. The first-order valence-electron chi connectivity index (χ1n) is 8.24. The van der Waals surface area contributed by atoms with Crippen LogP contribution in [-0.2, 0) is 14.3 Å². The summed E-state index contributed by atoms with van der Waals surface area (Å²) >= 11 is 6.01. The Morgan fingerprint density at radius 1 is 1.29 bits per heavy atom. The van der Waals surface area contributed by atoms with E-state index in [0.717, 1.165) is 19.4 Å². The summed E-state index contributed by atoms with van der Waals surface area (Å²) in [5.74, 6) is 0.411. The fourth-order valence-corrected chi connectivity index (χ4v) is 3.09. The van der Waals surface area contributed by atoms with Crippen molar-refractivity contribution >= 4 is 29.1 Å². The minimum absolute atomic E-state index is 0.103. The molecule has 1 fully saturated rings. The number of nitrogens with zero attached hydrogens (tertiary/aromatic N) is 1. The van der Waals surface area contributed by atoms with Gasteiger partial charge in [-0.2, -0.15) is 0 Å². The van der Waals surface area contributed by atoms with E-state index >= 15 is 0 Å². The van der Waals surface area contributed by atoms with Crippen LogP contribution in [0.25, 0.3) is 0 Å². The normalized spacial score (nSPS) is 19.5. The molecule has 24 heavy (non-hydrogen) atoms. The minimum atomic E-state index is -0.126. The standard InChI is InChI=1S/C17H21ClN2O4/c18-12-3-4-15-14(10-12)20(7-9-24-15)17(22)6-5-16(21)19-11-13-2-1-8-23-13/h3-4,10,13H,1-2,5-9,11H2,(H,19,21)/t13-/m1/s1. The lowest BCUT2D eigenvalue weighted by molar-refractivity contribution is -0.125. The fraction of sp³-hybridized carbons (Fsp3) is 0.529. The number of ether oxygens (including phenoxy) is 2. The van der Waals surface area contributed by atoms with Crippen LogP contribution >= 0.6 is 11.6 Å². The van der Waals surface area contributed by atoms with Crippen LogP contribution in [-0.4, -0.2) is 44.2 Å². The smallest absolute Gasteiger partial charge is 0.227 e. The lowest BCUT2D eigenvalue weighted by Crippen LogP contribution is -2.39. The van der Waals surface area contributed by atoms with Crippen molar-refractivity contribution in [1.29, 1.82) is 0 Å². The Bertz CT molecular complexity index is 617. The van der Waals surface area contributed by atoms with Gasteiger partial charge in [0, 0.05) is 31.0 Å². The van der Waals surface area contributed by atoms with Crippen LogP contribution in [0.4, 0.5) is 5.69 Å². The average molecular weight is 353 g/mol. The molecule has 0 bridgehead atoms. The van der Waals surface area contributed by atoms with E-state index in [1.54, 1.807) is 23.1 Å². The quantitative estimate of drug-likeness (QED) is 0.881. The van der Waals surface area contributed by atoms with E-state index in [9.17, 15) is 9.59 Å². The van der Waals surface area contributed by atoms with Gasteiger partial charge in [0.25, 0.3) is 0 Å². The highest BCUT2D eigenvalue weighted by Gasteiger charge is 2.24. The zero-order chi connectivity index (χ0) is 16.9. The van der Waals surface area contributed by atoms with Crippen molar-refractivity contribution in [3.05, 3.63) is 23.2 Å². The number of hydrogen-bond acceptors (Lipinski definition) is 4. The molecule has 1 atom stereocenters. The van der Waals surface area contributed by atoms with E-state index in [-0.39, 0.29) is 30.8 Å². The molecule has 0 radical (unpaired) electrons. The molecule has 130 valence electrons. The van der Waals surface area contributed by atoms with Gasteiger partial charge >= 0.3 is 0 Å². The predicted octanol–water partition coefficient (Wildman–Crippen LogP) is 2.14. The van der Waals surface area contributed by atoms with Crippen molar-refractivity contribution in [2.75, 3.05) is 31.2 Å². The molecule has 2 amide bonds. The van der Waals surface area contributed by atoms with Gasteiger partial charge in [0.15, 0.2) is 0 Å². The van der Waals surface area contributed by atoms with Crippen LogP contribution in [0.15, 0.2) is 18.2 Å². The van der Waals surface area contributed by atoms with Crippen molar-refractivity contribution < 1.29 is 19.1 Å². The van der Waals surface area contributed by atoms with E-state index < -0.39 is 0 Å². The van der Waals surface area contributed by atoms with Gasteiger partial charge in [-0.3, -0.25) is 9.59 Å². The van der Waals surface area contributed by atoms with Crippen molar-refractivity contribution in [1.82, 2.24) is 5.32 Å². The Morgan fingerprint density at radius 2 is 2.17 bits per heavy atom. The first-order valence-corrected chi connectivity index (χ1v) is 8.62. The molecular formula is C17H21ClN2O4.